The number of nitrogens with one attached hydrogen (secondary N) is 1. The highest BCUT2D eigenvalue weighted by atomic mass is 16.6. The fourth-order valence-corrected chi connectivity index (χ4v) is 6.04. The van der Waals surface area contributed by atoms with Gasteiger partial charge < -0.3 is 19.9 Å². The number of fused-ring (bicyclic) bond motifs is 3. The van der Waals surface area contributed by atoms with Gasteiger partial charge in [-0.15, -0.1) is 0 Å². The molecule has 1 saturated carbocycles. The number of carbonyl (C=O) groups is 3. The maximum atomic E-state index is 14.0. The van der Waals surface area contributed by atoms with E-state index in [9.17, 15) is 19.5 Å². The van der Waals surface area contributed by atoms with Gasteiger partial charge in [-0.25, -0.2) is 14.4 Å². The largest absolute Gasteiger partial charge is 0.476 e. The van der Waals surface area contributed by atoms with Gasteiger partial charge in [0.2, 0.25) is 0 Å². The van der Waals surface area contributed by atoms with Crippen molar-refractivity contribution >= 4 is 18.2 Å². The summed E-state index contributed by atoms with van der Waals surface area (Å²) in [5.74, 6) is -1.26. The van der Waals surface area contributed by atoms with E-state index in [1.165, 1.54) is 10.7 Å². The molecule has 3 aromatic rings. The number of hydrogen-bond donors (Lipinski definition) is 2. The molecule has 1 fully saturated rings. The van der Waals surface area contributed by atoms with Crippen LogP contribution in [0.4, 0.5) is 9.59 Å². The number of aromatic carboxylic acids is 1. The van der Waals surface area contributed by atoms with Crippen LogP contribution in [0.1, 0.15) is 79.7 Å². The maximum absolute atomic E-state index is 14.0. The zero-order valence-electron chi connectivity index (χ0n) is 24.5. The van der Waals surface area contributed by atoms with E-state index >= 15 is 0 Å². The summed E-state index contributed by atoms with van der Waals surface area (Å²) < 4.78 is 13.0. The smallest absolute Gasteiger partial charge is 0.410 e. The molecular weight excluding hydrogens is 536 g/mol. The number of benzene rings is 2. The SMILES string of the molecule is Cn1nc(C(=O)O)cc1CN(C(=O)OCC1c2ccccc2-c2ccccc21)C1CCCCC1NC(=O)OC(C)(C)C. The number of aryl methyl sites for hydroxylation is 1. The third kappa shape index (κ3) is 6.27. The lowest BCUT2D eigenvalue weighted by Gasteiger charge is -2.39. The zero-order chi connectivity index (χ0) is 30.0. The van der Waals surface area contributed by atoms with E-state index < -0.39 is 23.8 Å². The molecule has 5 rings (SSSR count). The molecule has 2 amide bonds. The number of carboxylic acids is 1. The Balaban J connectivity index is 1.41. The highest BCUT2D eigenvalue weighted by molar-refractivity contribution is 5.85. The van der Waals surface area contributed by atoms with Crippen molar-refractivity contribution in [2.24, 2.45) is 7.05 Å². The molecule has 0 radical (unpaired) electrons. The third-order valence-corrected chi connectivity index (χ3v) is 7.93. The Morgan fingerprint density at radius 3 is 2.24 bits per heavy atom. The van der Waals surface area contributed by atoms with Crippen LogP contribution in [0.25, 0.3) is 11.1 Å². The number of alkyl carbamates (subject to hydrolysis) is 1. The van der Waals surface area contributed by atoms with Crippen molar-refractivity contribution in [3.05, 3.63) is 77.1 Å². The summed E-state index contributed by atoms with van der Waals surface area (Å²) in [6.45, 7) is 5.62. The highest BCUT2D eigenvalue weighted by Crippen LogP contribution is 2.44. The van der Waals surface area contributed by atoms with Crippen molar-refractivity contribution in [3.8, 4) is 11.1 Å². The Kier molecular flexibility index (Phi) is 8.24. The molecule has 10 heteroatoms. The Morgan fingerprint density at radius 2 is 1.64 bits per heavy atom. The molecule has 2 atom stereocenters. The number of nitrogens with zero attached hydrogens (tertiary/aromatic N) is 3. The van der Waals surface area contributed by atoms with Gasteiger partial charge >= 0.3 is 18.2 Å². The summed E-state index contributed by atoms with van der Waals surface area (Å²) in [6.07, 6.45) is 2.01. The topological polar surface area (TPSA) is 123 Å². The minimum Gasteiger partial charge on any atom is -0.476 e. The summed E-state index contributed by atoms with van der Waals surface area (Å²) >= 11 is 0. The van der Waals surface area contributed by atoms with Gasteiger partial charge in [-0.3, -0.25) is 9.58 Å². The second-order valence-corrected chi connectivity index (χ2v) is 12.0. The summed E-state index contributed by atoms with van der Waals surface area (Å²) in [5.41, 5.74) is 4.26. The van der Waals surface area contributed by atoms with Crippen molar-refractivity contribution in [3.63, 3.8) is 0 Å². The van der Waals surface area contributed by atoms with Gasteiger partial charge in [0.25, 0.3) is 0 Å². The zero-order valence-corrected chi connectivity index (χ0v) is 24.5. The van der Waals surface area contributed by atoms with E-state index in [1.807, 2.05) is 24.3 Å². The van der Waals surface area contributed by atoms with Crippen molar-refractivity contribution in [2.45, 2.75) is 76.6 Å². The van der Waals surface area contributed by atoms with Crippen molar-refractivity contribution in [2.75, 3.05) is 6.61 Å². The van der Waals surface area contributed by atoms with Crippen molar-refractivity contribution in [1.29, 1.82) is 0 Å². The van der Waals surface area contributed by atoms with E-state index in [0.29, 0.717) is 18.5 Å². The van der Waals surface area contributed by atoms with Crippen LogP contribution in [0, 0.1) is 0 Å². The number of carbonyl (C=O) groups excluding carboxylic acids is 2. The van der Waals surface area contributed by atoms with E-state index in [-0.39, 0.29) is 36.8 Å². The van der Waals surface area contributed by atoms with Crippen LogP contribution in [-0.2, 0) is 23.1 Å². The lowest BCUT2D eigenvalue weighted by molar-refractivity contribution is 0.0363. The molecule has 2 aliphatic rings. The van der Waals surface area contributed by atoms with E-state index in [4.69, 9.17) is 9.47 Å². The first-order valence-electron chi connectivity index (χ1n) is 14.4. The van der Waals surface area contributed by atoms with Gasteiger partial charge in [-0.2, -0.15) is 5.10 Å². The van der Waals surface area contributed by atoms with Gasteiger partial charge in [0.1, 0.15) is 12.2 Å². The highest BCUT2D eigenvalue weighted by Gasteiger charge is 2.37. The second-order valence-electron chi connectivity index (χ2n) is 12.0. The predicted molar refractivity (Wildman–Crippen MR) is 156 cm³/mol. The Morgan fingerprint density at radius 1 is 1.02 bits per heavy atom. The fraction of sp³-hybridized carbons (Fsp3) is 0.438. The van der Waals surface area contributed by atoms with Gasteiger partial charge in [0.15, 0.2) is 5.69 Å². The molecule has 1 aromatic heterocycles. The molecule has 2 N–H and O–H groups in total. The van der Waals surface area contributed by atoms with Gasteiger partial charge in [0, 0.05) is 13.0 Å². The lowest BCUT2D eigenvalue weighted by atomic mass is 9.89. The quantitative estimate of drug-likeness (QED) is 0.371. The predicted octanol–water partition coefficient (Wildman–Crippen LogP) is 5.71. The van der Waals surface area contributed by atoms with E-state index in [1.54, 1.807) is 32.7 Å². The Bertz CT molecular complexity index is 1430. The van der Waals surface area contributed by atoms with E-state index in [0.717, 1.165) is 35.1 Å². The molecule has 0 saturated heterocycles. The monoisotopic (exact) mass is 574 g/mol. The van der Waals surface area contributed by atoms with Crippen LogP contribution in [0.15, 0.2) is 54.6 Å². The molecular formula is C32H38N4O6. The Labute approximate surface area is 245 Å². The van der Waals surface area contributed by atoms with Gasteiger partial charge in [0.05, 0.1) is 24.3 Å². The summed E-state index contributed by atoms with van der Waals surface area (Å²) in [7, 11) is 1.65. The lowest BCUT2D eigenvalue weighted by Crippen LogP contribution is -2.55. The average Bonchev–Trinajstić information content (AvgIpc) is 3.47. The second kappa shape index (κ2) is 11.9. The number of amides is 2. The minimum absolute atomic E-state index is 0.0740. The molecule has 2 aliphatic carbocycles. The standard InChI is InChI=1S/C32H38N4O6/c1-32(2,3)42-30(39)33-26-15-9-10-16-28(26)36(18-20-17-27(29(37)38)34-35(20)4)31(40)41-19-25-23-13-7-5-11-21(23)22-12-6-8-14-24(22)25/h5-8,11-14,17,25-26,28H,9-10,15-16,18-19H2,1-4H3,(H,33,39)(H,37,38). The molecule has 42 heavy (non-hydrogen) atoms. The number of hydrogen-bond acceptors (Lipinski definition) is 6. The Hall–Kier alpha value is -4.34. The van der Waals surface area contributed by atoms with Crippen LogP contribution >= 0.6 is 0 Å². The first-order valence-corrected chi connectivity index (χ1v) is 14.4. The van der Waals surface area contributed by atoms with Crippen molar-refractivity contribution < 1.29 is 29.0 Å². The van der Waals surface area contributed by atoms with Crippen LogP contribution in [0.5, 0.6) is 0 Å². The molecule has 0 aliphatic heterocycles. The first-order chi connectivity index (χ1) is 20.0. The first kappa shape index (κ1) is 29.2. The molecule has 0 spiro atoms. The summed E-state index contributed by atoms with van der Waals surface area (Å²) in [4.78, 5) is 39.9. The maximum Gasteiger partial charge on any atom is 0.410 e. The molecule has 2 aromatic carbocycles. The molecule has 2 unspecified atom stereocenters. The van der Waals surface area contributed by atoms with Crippen LogP contribution in [0.3, 0.4) is 0 Å². The van der Waals surface area contributed by atoms with Crippen LogP contribution in [-0.4, -0.2) is 62.2 Å². The van der Waals surface area contributed by atoms with E-state index in [2.05, 4.69) is 34.7 Å². The number of rotatable bonds is 7. The summed E-state index contributed by atoms with van der Waals surface area (Å²) in [5, 5.41) is 16.5. The molecule has 0 bridgehead atoms. The number of aromatic nitrogens is 2. The third-order valence-electron chi connectivity index (χ3n) is 7.93. The summed E-state index contributed by atoms with van der Waals surface area (Å²) in [6, 6.07) is 17.0. The number of carboxylic acid groups (broad SMARTS) is 1. The van der Waals surface area contributed by atoms with Gasteiger partial charge in [-0.1, -0.05) is 61.4 Å². The molecule has 10 nitrogen and oxygen atoms in total. The molecule has 1 heterocycles. The van der Waals surface area contributed by atoms with Gasteiger partial charge in [-0.05, 0) is 61.9 Å². The fourth-order valence-electron chi connectivity index (χ4n) is 6.04. The minimum atomic E-state index is -1.15. The normalized spacial score (nSPS) is 18.1. The van der Waals surface area contributed by atoms with Crippen LogP contribution < -0.4 is 5.32 Å². The average molecular weight is 575 g/mol. The van der Waals surface area contributed by atoms with Crippen LogP contribution in [0.2, 0.25) is 0 Å². The number of ether oxygens (including phenoxy) is 2. The molecule has 222 valence electrons. The van der Waals surface area contributed by atoms with Crippen molar-refractivity contribution in [1.82, 2.24) is 20.0 Å².